The Morgan fingerprint density at radius 1 is 1.26 bits per heavy atom. The van der Waals surface area contributed by atoms with Crippen LogP contribution < -0.4 is 5.73 Å². The van der Waals surface area contributed by atoms with E-state index in [-0.39, 0.29) is 17.7 Å². The van der Waals surface area contributed by atoms with Crippen molar-refractivity contribution in [3.8, 4) is 0 Å². The van der Waals surface area contributed by atoms with Gasteiger partial charge in [-0.05, 0) is 5.92 Å². The minimum absolute atomic E-state index is 0.0593. The van der Waals surface area contributed by atoms with Crippen LogP contribution in [0, 0.1) is 11.8 Å². The lowest BCUT2D eigenvalue weighted by Crippen LogP contribution is -2.46. The second-order valence-electron chi connectivity index (χ2n) is 4.56. The molecule has 7 heteroatoms. The second kappa shape index (κ2) is 9.57. The number of amides is 1. The molecule has 3 N–H and O–H groups in total. The molecule has 0 fully saturated rings. The quantitative estimate of drug-likeness (QED) is 0.270. The third-order valence-corrected chi connectivity index (χ3v) is 2.81. The normalized spacial score (nSPS) is 13.6. The summed E-state index contributed by atoms with van der Waals surface area (Å²) in [6.45, 7) is 5.45. The number of amidine groups is 1. The van der Waals surface area contributed by atoms with Gasteiger partial charge in [0.25, 0.3) is 0 Å². The first kappa shape index (κ1) is 17.7. The van der Waals surface area contributed by atoms with Crippen LogP contribution in [0.2, 0.25) is 0 Å². The minimum Gasteiger partial charge on any atom is -0.409 e. The number of nitrogens with zero attached hydrogens (tertiary/aromatic N) is 2. The van der Waals surface area contributed by atoms with Crippen molar-refractivity contribution < 1.29 is 19.5 Å². The van der Waals surface area contributed by atoms with Gasteiger partial charge in [-0.3, -0.25) is 4.79 Å². The maximum atomic E-state index is 12.4. The van der Waals surface area contributed by atoms with E-state index in [0.717, 1.165) is 0 Å². The first-order valence-electron chi connectivity index (χ1n) is 6.23. The van der Waals surface area contributed by atoms with Gasteiger partial charge in [0, 0.05) is 27.3 Å². The van der Waals surface area contributed by atoms with Crippen molar-refractivity contribution in [2.45, 2.75) is 13.8 Å². The van der Waals surface area contributed by atoms with Gasteiger partial charge in [-0.15, -0.1) is 0 Å². The molecule has 0 aromatic heterocycles. The average molecular weight is 275 g/mol. The number of carbonyl (C=O) groups is 1. The molecule has 0 aromatic rings. The zero-order valence-electron chi connectivity index (χ0n) is 12.1. The number of carbonyl (C=O) groups excluding carboxylic acids is 1. The van der Waals surface area contributed by atoms with E-state index in [1.807, 2.05) is 13.8 Å². The maximum absolute atomic E-state index is 12.4. The summed E-state index contributed by atoms with van der Waals surface area (Å²) in [5, 5.41) is 11.7. The van der Waals surface area contributed by atoms with E-state index in [2.05, 4.69) is 5.16 Å². The summed E-state index contributed by atoms with van der Waals surface area (Å²) in [7, 11) is 3.14. The van der Waals surface area contributed by atoms with E-state index in [4.69, 9.17) is 20.4 Å². The van der Waals surface area contributed by atoms with Crippen molar-refractivity contribution in [1.82, 2.24) is 4.90 Å². The van der Waals surface area contributed by atoms with Crippen molar-refractivity contribution in [1.29, 1.82) is 0 Å². The molecule has 0 heterocycles. The highest BCUT2D eigenvalue weighted by atomic mass is 16.5. The molecular formula is C12H25N3O4. The van der Waals surface area contributed by atoms with Crippen LogP contribution in [-0.2, 0) is 14.3 Å². The van der Waals surface area contributed by atoms with Crippen LogP contribution in [0.4, 0.5) is 0 Å². The Kier molecular flexibility index (Phi) is 8.90. The predicted octanol–water partition coefficient (Wildman–Crippen LogP) is 0.126. The topological polar surface area (TPSA) is 97.4 Å². The van der Waals surface area contributed by atoms with Gasteiger partial charge in [0.2, 0.25) is 5.91 Å². The molecule has 1 amide bonds. The van der Waals surface area contributed by atoms with Gasteiger partial charge in [-0.25, -0.2) is 0 Å². The zero-order chi connectivity index (χ0) is 14.8. The van der Waals surface area contributed by atoms with E-state index in [0.29, 0.717) is 26.3 Å². The van der Waals surface area contributed by atoms with Crippen molar-refractivity contribution in [2.75, 3.05) is 40.5 Å². The molecule has 0 aliphatic heterocycles. The van der Waals surface area contributed by atoms with E-state index in [9.17, 15) is 4.79 Å². The monoisotopic (exact) mass is 275 g/mol. The summed E-state index contributed by atoms with van der Waals surface area (Å²) < 4.78 is 9.97. The molecule has 1 atom stereocenters. The highest BCUT2D eigenvalue weighted by Gasteiger charge is 2.30. The van der Waals surface area contributed by atoms with Gasteiger partial charge in [0.15, 0.2) is 5.84 Å². The molecule has 0 saturated carbocycles. The summed E-state index contributed by atoms with van der Waals surface area (Å²) in [4.78, 5) is 14.0. The molecule has 0 spiro atoms. The molecule has 7 nitrogen and oxygen atoms in total. The number of oxime groups is 1. The zero-order valence-corrected chi connectivity index (χ0v) is 12.1. The number of ether oxygens (including phenoxy) is 2. The second-order valence-corrected chi connectivity index (χ2v) is 4.56. The van der Waals surface area contributed by atoms with Crippen molar-refractivity contribution >= 4 is 11.7 Å². The van der Waals surface area contributed by atoms with Crippen molar-refractivity contribution in [3.63, 3.8) is 0 Å². The lowest BCUT2D eigenvalue weighted by Gasteiger charge is -2.28. The third-order valence-electron chi connectivity index (χ3n) is 2.81. The lowest BCUT2D eigenvalue weighted by molar-refractivity contribution is -0.135. The number of methoxy groups -OCH3 is 2. The van der Waals surface area contributed by atoms with E-state index in [1.54, 1.807) is 19.1 Å². The molecule has 19 heavy (non-hydrogen) atoms. The third kappa shape index (κ3) is 5.89. The smallest absolute Gasteiger partial charge is 0.233 e. The average Bonchev–Trinajstić information content (AvgIpc) is 2.38. The Bertz CT molecular complexity index is 287. The van der Waals surface area contributed by atoms with Gasteiger partial charge < -0.3 is 25.3 Å². The predicted molar refractivity (Wildman–Crippen MR) is 72.1 cm³/mol. The molecule has 0 rings (SSSR count). The first-order valence-corrected chi connectivity index (χ1v) is 6.23. The summed E-state index contributed by atoms with van der Waals surface area (Å²) in [6.07, 6.45) is 0. The van der Waals surface area contributed by atoms with Crippen molar-refractivity contribution in [2.24, 2.45) is 22.7 Å². The molecule has 0 bridgehead atoms. The molecule has 0 aliphatic rings. The number of hydrogen-bond donors (Lipinski definition) is 2. The van der Waals surface area contributed by atoms with Gasteiger partial charge in [-0.1, -0.05) is 19.0 Å². The van der Waals surface area contributed by atoms with Crippen LogP contribution in [0.25, 0.3) is 0 Å². The van der Waals surface area contributed by atoms with Crippen LogP contribution in [0.3, 0.4) is 0 Å². The van der Waals surface area contributed by atoms with Crippen LogP contribution >= 0.6 is 0 Å². The van der Waals surface area contributed by atoms with Crippen LogP contribution in [0.5, 0.6) is 0 Å². The largest absolute Gasteiger partial charge is 0.409 e. The molecule has 112 valence electrons. The number of hydrogen-bond acceptors (Lipinski definition) is 5. The minimum atomic E-state index is -0.640. The lowest BCUT2D eigenvalue weighted by atomic mass is 9.93. The Labute approximate surface area is 114 Å². The summed E-state index contributed by atoms with van der Waals surface area (Å²) in [5.41, 5.74) is 5.60. The van der Waals surface area contributed by atoms with Gasteiger partial charge in [0.1, 0.15) is 5.92 Å². The van der Waals surface area contributed by atoms with Crippen LogP contribution in [0.15, 0.2) is 5.16 Å². The summed E-state index contributed by atoms with van der Waals surface area (Å²) in [5.74, 6) is -0.950. The van der Waals surface area contributed by atoms with Crippen molar-refractivity contribution in [3.05, 3.63) is 0 Å². The number of rotatable bonds is 9. The van der Waals surface area contributed by atoms with E-state index >= 15 is 0 Å². The van der Waals surface area contributed by atoms with Gasteiger partial charge in [0.05, 0.1) is 13.2 Å². The maximum Gasteiger partial charge on any atom is 0.233 e. The highest BCUT2D eigenvalue weighted by Crippen LogP contribution is 2.15. The molecule has 0 radical (unpaired) electrons. The molecule has 0 aromatic carbocycles. The molecular weight excluding hydrogens is 250 g/mol. The van der Waals surface area contributed by atoms with Crippen LogP contribution in [0.1, 0.15) is 13.8 Å². The van der Waals surface area contributed by atoms with Crippen LogP contribution in [-0.4, -0.2) is 62.4 Å². The van der Waals surface area contributed by atoms with Gasteiger partial charge in [-0.2, -0.15) is 0 Å². The fraction of sp³-hybridized carbons (Fsp3) is 0.833. The molecule has 0 aliphatic carbocycles. The Balaban J connectivity index is 4.89. The van der Waals surface area contributed by atoms with E-state index in [1.165, 1.54) is 0 Å². The number of nitrogens with two attached hydrogens (primary N) is 1. The standard InChI is InChI=1S/C12H25N3O4/c1-9(2)10(11(13)14-17)12(16)15(5-7-18-3)6-8-19-4/h9-10,17H,5-8H2,1-4H3,(H2,13,14). The van der Waals surface area contributed by atoms with E-state index < -0.39 is 5.92 Å². The summed E-state index contributed by atoms with van der Waals surface area (Å²) >= 11 is 0. The Hall–Kier alpha value is -1.34. The fourth-order valence-corrected chi connectivity index (χ4v) is 1.75. The SMILES string of the molecule is COCCN(CCOC)C(=O)C(C(N)=NO)C(C)C. The summed E-state index contributed by atoms with van der Waals surface area (Å²) in [6, 6.07) is 0. The highest BCUT2D eigenvalue weighted by molar-refractivity contribution is 6.02. The van der Waals surface area contributed by atoms with Gasteiger partial charge >= 0.3 is 0 Å². The molecule has 1 unspecified atom stereocenters. The fourth-order valence-electron chi connectivity index (χ4n) is 1.75. The Morgan fingerprint density at radius 2 is 1.74 bits per heavy atom. The molecule has 0 saturated heterocycles. The Morgan fingerprint density at radius 3 is 2.05 bits per heavy atom. The first-order chi connectivity index (χ1) is 8.99.